The van der Waals surface area contributed by atoms with Crippen molar-refractivity contribution in [2.45, 2.75) is 18.5 Å². The summed E-state index contributed by atoms with van der Waals surface area (Å²) in [7, 11) is 0. The van der Waals surface area contributed by atoms with Crippen LogP contribution in [0.15, 0.2) is 24.5 Å². The molecule has 0 saturated carbocycles. The van der Waals surface area contributed by atoms with Gasteiger partial charge in [-0.1, -0.05) is 0 Å². The third kappa shape index (κ3) is 4.99. The van der Waals surface area contributed by atoms with Gasteiger partial charge in [0.25, 0.3) is 0 Å². The molecule has 0 bridgehead atoms. The number of nitrogens with zero attached hydrogens (tertiary/aromatic N) is 3. The molecular weight excluding hydrogens is 389 g/mol. The van der Waals surface area contributed by atoms with Crippen LogP contribution >= 0.6 is 0 Å². The van der Waals surface area contributed by atoms with Crippen molar-refractivity contribution in [3.05, 3.63) is 35.9 Å². The van der Waals surface area contributed by atoms with E-state index in [1.54, 1.807) is 12.3 Å². The summed E-state index contributed by atoms with van der Waals surface area (Å²) in [5, 5.41) is 7.89. The minimum absolute atomic E-state index is 0.258. The lowest BCUT2D eigenvalue weighted by molar-refractivity contribution is -0.100. The van der Waals surface area contributed by atoms with E-state index < -0.39 is 6.30 Å². The van der Waals surface area contributed by atoms with Gasteiger partial charge in [0.1, 0.15) is 11.9 Å². The fourth-order valence-electron chi connectivity index (χ4n) is 3.28. The van der Waals surface area contributed by atoms with Crippen LogP contribution in [0.1, 0.15) is 23.6 Å². The molecule has 2 aliphatic rings. The first-order valence-electron chi connectivity index (χ1n) is 9.32. The number of alkyl halides is 3. The van der Waals surface area contributed by atoms with Gasteiger partial charge < -0.3 is 20.1 Å². The molecule has 29 heavy (non-hydrogen) atoms. The van der Waals surface area contributed by atoms with Gasteiger partial charge in [0, 0.05) is 49.7 Å². The van der Waals surface area contributed by atoms with E-state index in [0.29, 0.717) is 43.4 Å². The highest BCUT2D eigenvalue weighted by Crippen LogP contribution is 2.31. The van der Waals surface area contributed by atoms with Gasteiger partial charge in [-0.3, -0.25) is 5.32 Å². The molecule has 4 heterocycles. The highest BCUT2D eigenvalue weighted by Gasteiger charge is 2.28. The summed E-state index contributed by atoms with van der Waals surface area (Å²) >= 11 is 0. The Kier molecular flexibility index (Phi) is 5.90. The molecular formula is C18H21F3N6O2. The zero-order valence-corrected chi connectivity index (χ0v) is 15.5. The zero-order chi connectivity index (χ0) is 20.3. The first-order valence-corrected chi connectivity index (χ1v) is 9.32. The SMILES string of the molecule is FC(F)(F)Nc1ccc(-c2nc(C3CNCCO3)ncc2C2CNCCO2)cn1. The maximum Gasteiger partial charge on any atom is 0.483 e. The van der Waals surface area contributed by atoms with Crippen molar-refractivity contribution in [2.75, 3.05) is 44.7 Å². The van der Waals surface area contributed by atoms with Crippen LogP contribution < -0.4 is 16.0 Å². The maximum atomic E-state index is 12.5. The number of halogens is 3. The number of pyridine rings is 1. The minimum atomic E-state index is -4.55. The Balaban J connectivity index is 1.67. The smallest absolute Gasteiger partial charge is 0.371 e. The van der Waals surface area contributed by atoms with Gasteiger partial charge in [-0.2, -0.15) is 13.2 Å². The molecule has 0 amide bonds. The maximum absolute atomic E-state index is 12.5. The number of nitrogens with one attached hydrogen (secondary N) is 3. The van der Waals surface area contributed by atoms with Crippen LogP contribution in [0.4, 0.5) is 19.0 Å². The lowest BCUT2D eigenvalue weighted by atomic mass is 10.0. The molecule has 2 aliphatic heterocycles. The topological polar surface area (TPSA) is 93.2 Å². The molecule has 3 N–H and O–H groups in total. The Morgan fingerprint density at radius 2 is 1.69 bits per heavy atom. The van der Waals surface area contributed by atoms with Crippen LogP contribution in [-0.2, 0) is 9.47 Å². The second-order valence-corrected chi connectivity index (χ2v) is 6.71. The van der Waals surface area contributed by atoms with E-state index in [-0.39, 0.29) is 18.0 Å². The van der Waals surface area contributed by atoms with E-state index in [0.717, 1.165) is 18.7 Å². The van der Waals surface area contributed by atoms with E-state index in [1.165, 1.54) is 17.6 Å². The fraction of sp³-hybridized carbons (Fsp3) is 0.500. The van der Waals surface area contributed by atoms with Gasteiger partial charge in [0.2, 0.25) is 0 Å². The van der Waals surface area contributed by atoms with Crippen molar-refractivity contribution in [3.63, 3.8) is 0 Å². The highest BCUT2D eigenvalue weighted by atomic mass is 19.4. The third-order valence-electron chi connectivity index (χ3n) is 4.63. The van der Waals surface area contributed by atoms with E-state index in [9.17, 15) is 13.2 Å². The number of hydrogen-bond acceptors (Lipinski definition) is 8. The van der Waals surface area contributed by atoms with Gasteiger partial charge in [-0.05, 0) is 12.1 Å². The van der Waals surface area contributed by atoms with Crippen molar-refractivity contribution in [2.24, 2.45) is 0 Å². The second kappa shape index (κ2) is 8.57. The number of morpholine rings is 2. The first-order chi connectivity index (χ1) is 14.0. The fourth-order valence-corrected chi connectivity index (χ4v) is 3.28. The second-order valence-electron chi connectivity index (χ2n) is 6.71. The molecule has 2 atom stereocenters. The van der Waals surface area contributed by atoms with Gasteiger partial charge in [-0.25, -0.2) is 15.0 Å². The Bertz CT molecular complexity index is 821. The summed E-state index contributed by atoms with van der Waals surface area (Å²) in [6.45, 7) is 3.81. The molecule has 156 valence electrons. The predicted octanol–water partition coefficient (Wildman–Crippen LogP) is 1.79. The lowest BCUT2D eigenvalue weighted by Crippen LogP contribution is -2.35. The largest absolute Gasteiger partial charge is 0.483 e. The van der Waals surface area contributed by atoms with Gasteiger partial charge in [-0.15, -0.1) is 0 Å². The molecule has 2 fully saturated rings. The van der Waals surface area contributed by atoms with Gasteiger partial charge >= 0.3 is 6.30 Å². The van der Waals surface area contributed by atoms with Crippen molar-refractivity contribution in [3.8, 4) is 11.3 Å². The zero-order valence-electron chi connectivity index (χ0n) is 15.5. The normalized spacial score (nSPS) is 23.0. The van der Waals surface area contributed by atoms with E-state index in [1.807, 2.05) is 0 Å². The molecule has 2 aromatic heterocycles. The Morgan fingerprint density at radius 1 is 0.966 bits per heavy atom. The van der Waals surface area contributed by atoms with E-state index in [2.05, 4.69) is 25.6 Å². The first kappa shape index (κ1) is 20.0. The summed E-state index contributed by atoms with van der Waals surface area (Å²) in [4.78, 5) is 13.0. The van der Waals surface area contributed by atoms with Crippen LogP contribution in [0.25, 0.3) is 11.3 Å². The van der Waals surface area contributed by atoms with Crippen molar-refractivity contribution in [1.82, 2.24) is 25.6 Å². The monoisotopic (exact) mass is 410 g/mol. The Morgan fingerprint density at radius 3 is 2.28 bits per heavy atom. The number of hydrogen-bond donors (Lipinski definition) is 3. The van der Waals surface area contributed by atoms with Crippen molar-refractivity contribution in [1.29, 1.82) is 0 Å². The Labute approximate surface area is 165 Å². The summed E-state index contributed by atoms with van der Waals surface area (Å²) in [5.74, 6) is 0.227. The Hall–Kier alpha value is -2.34. The minimum Gasteiger partial charge on any atom is -0.371 e. The summed E-state index contributed by atoms with van der Waals surface area (Å²) < 4.78 is 49.1. The van der Waals surface area contributed by atoms with Crippen molar-refractivity contribution >= 4 is 5.82 Å². The summed E-state index contributed by atoms with van der Waals surface area (Å²) in [6.07, 6.45) is -2.03. The summed E-state index contributed by atoms with van der Waals surface area (Å²) in [6, 6.07) is 2.82. The van der Waals surface area contributed by atoms with Crippen LogP contribution in [0.3, 0.4) is 0 Å². The van der Waals surface area contributed by atoms with Crippen LogP contribution in [0.5, 0.6) is 0 Å². The molecule has 0 aromatic carbocycles. The van der Waals surface area contributed by atoms with Crippen LogP contribution in [0.2, 0.25) is 0 Å². The summed E-state index contributed by atoms with van der Waals surface area (Å²) in [5.41, 5.74) is 1.90. The van der Waals surface area contributed by atoms with Crippen LogP contribution in [0, 0.1) is 0 Å². The predicted molar refractivity (Wildman–Crippen MR) is 98.1 cm³/mol. The van der Waals surface area contributed by atoms with Gasteiger partial charge in [0.15, 0.2) is 5.82 Å². The van der Waals surface area contributed by atoms with E-state index in [4.69, 9.17) is 9.47 Å². The molecule has 2 unspecified atom stereocenters. The molecule has 0 spiro atoms. The van der Waals surface area contributed by atoms with Crippen LogP contribution in [-0.4, -0.2) is 60.6 Å². The standard InChI is InChI=1S/C18H21F3N6O2/c19-18(20,21)27-15-2-1-11(7-24-15)16-12(13-9-22-3-5-28-13)8-25-17(26-16)14-10-23-4-6-29-14/h1-2,7-8,13-14,22-23H,3-6,9-10H2,(H,24,27). The molecule has 2 saturated heterocycles. The molecule has 2 aromatic rings. The number of anilines is 1. The van der Waals surface area contributed by atoms with Gasteiger partial charge in [0.05, 0.1) is 25.0 Å². The highest BCUT2D eigenvalue weighted by molar-refractivity contribution is 5.64. The molecule has 0 aliphatic carbocycles. The van der Waals surface area contributed by atoms with E-state index >= 15 is 0 Å². The molecule has 11 heteroatoms. The molecule has 0 radical (unpaired) electrons. The average Bonchev–Trinajstić information content (AvgIpc) is 2.74. The quantitative estimate of drug-likeness (QED) is 0.657. The number of ether oxygens (including phenoxy) is 2. The number of rotatable bonds is 4. The van der Waals surface area contributed by atoms with Crippen molar-refractivity contribution < 1.29 is 22.6 Å². The third-order valence-corrected chi connectivity index (χ3v) is 4.63. The lowest BCUT2D eigenvalue weighted by Gasteiger charge is -2.27. The number of aromatic nitrogens is 3. The molecule has 8 nitrogen and oxygen atoms in total. The molecule has 4 rings (SSSR count). The average molecular weight is 410 g/mol.